The minimum absolute atomic E-state index is 0.0351. The minimum Gasteiger partial charge on any atom is -0.487 e. The number of benzene rings is 2. The van der Waals surface area contributed by atoms with Crippen molar-refractivity contribution in [1.82, 2.24) is 18.9 Å². The van der Waals surface area contributed by atoms with Gasteiger partial charge in [-0.2, -0.15) is 9.98 Å². The number of nitrogens with zero attached hydrogens (tertiary/aromatic N) is 10. The summed E-state index contributed by atoms with van der Waals surface area (Å²) in [6.07, 6.45) is 13.2. The molecule has 0 saturated carbocycles. The molecule has 398 valence electrons. The number of aromatic carboxylic acids is 2. The summed E-state index contributed by atoms with van der Waals surface area (Å²) < 4.78 is 46.7. The second-order valence-corrected chi connectivity index (χ2v) is 19.3. The van der Waals surface area contributed by atoms with Gasteiger partial charge in [-0.25, -0.2) is 18.4 Å². The van der Waals surface area contributed by atoms with E-state index in [0.717, 1.165) is 76.3 Å². The first-order chi connectivity index (χ1) is 35.5. The molecule has 2 unspecified atom stereocenters. The molecule has 4 aliphatic heterocycles. The summed E-state index contributed by atoms with van der Waals surface area (Å²) in [6, 6.07) is 1.69. The van der Waals surface area contributed by atoms with Gasteiger partial charge in [-0.1, -0.05) is 51.4 Å². The van der Waals surface area contributed by atoms with Crippen molar-refractivity contribution >= 4 is 69.0 Å². The molecular formula is C50H66F2N14O8. The molecule has 0 aliphatic carbocycles. The lowest BCUT2D eigenvalue weighted by molar-refractivity contribution is 0.0683. The average Bonchev–Trinajstić information content (AvgIpc) is 3.37. The van der Waals surface area contributed by atoms with Crippen molar-refractivity contribution in [3.05, 3.63) is 67.7 Å². The normalized spacial score (nSPS) is 18.5. The SMILES string of the molecule is CC1COc2c(N3CCN(/C(N)=N/C(N)=NCCCCCCCCCCCCN=C(N)/N=C(\N)N4CCN(c5c(F)cc6c(=O)c(C(=O)O)cn7c6c5OCC7C)CC4)CC3)c(F)cc3c(=O)c(C(=O)O)cn1c23. The predicted molar refractivity (Wildman–Crippen MR) is 281 cm³/mol. The Labute approximate surface area is 425 Å². The number of guanidine groups is 4. The van der Waals surface area contributed by atoms with Crippen LogP contribution in [0.5, 0.6) is 11.5 Å². The molecule has 8 rings (SSSR count). The fourth-order valence-corrected chi connectivity index (χ4v) is 10.1. The van der Waals surface area contributed by atoms with E-state index in [4.69, 9.17) is 32.4 Å². The van der Waals surface area contributed by atoms with Crippen LogP contribution in [0, 0.1) is 11.6 Å². The van der Waals surface area contributed by atoms with Gasteiger partial charge in [0, 0.05) is 77.8 Å². The number of rotatable bonds is 17. The molecular weight excluding hydrogens is 963 g/mol. The highest BCUT2D eigenvalue weighted by Crippen LogP contribution is 2.43. The Bertz CT molecular complexity index is 2830. The number of carboxylic acids is 2. The molecule has 10 N–H and O–H groups in total. The molecule has 4 aromatic rings. The largest absolute Gasteiger partial charge is 0.487 e. The van der Waals surface area contributed by atoms with Gasteiger partial charge in [-0.15, -0.1) is 0 Å². The van der Waals surface area contributed by atoms with Crippen molar-refractivity contribution in [2.45, 2.75) is 90.1 Å². The number of unbranched alkanes of at least 4 members (excludes halogenated alkanes) is 9. The quantitative estimate of drug-likeness (QED) is 0.0495. The molecule has 4 aliphatic rings. The van der Waals surface area contributed by atoms with Crippen molar-refractivity contribution in [1.29, 1.82) is 0 Å². The highest BCUT2D eigenvalue weighted by Gasteiger charge is 2.34. The van der Waals surface area contributed by atoms with E-state index < -0.39 is 45.6 Å². The third kappa shape index (κ3) is 11.3. The van der Waals surface area contributed by atoms with E-state index in [0.29, 0.717) is 76.5 Å². The van der Waals surface area contributed by atoms with E-state index >= 15 is 8.78 Å². The van der Waals surface area contributed by atoms with Crippen LogP contribution < -0.4 is 53.1 Å². The number of pyridine rings is 2. The number of aromatic nitrogens is 2. The first kappa shape index (κ1) is 52.7. The zero-order valence-corrected chi connectivity index (χ0v) is 41.9. The topological polar surface area (TPSA) is 304 Å². The molecule has 2 aromatic heterocycles. The summed E-state index contributed by atoms with van der Waals surface area (Å²) in [5.74, 6) is -2.98. The van der Waals surface area contributed by atoms with E-state index in [-0.39, 0.29) is 82.8 Å². The molecule has 6 heterocycles. The maximum absolute atomic E-state index is 15.7. The molecule has 0 radical (unpaired) electrons. The van der Waals surface area contributed by atoms with E-state index in [2.05, 4.69) is 20.0 Å². The number of carbonyl (C=O) groups is 2. The Kier molecular flexibility index (Phi) is 16.4. The average molecular weight is 1030 g/mol. The summed E-state index contributed by atoms with van der Waals surface area (Å²) in [7, 11) is 0. The summed E-state index contributed by atoms with van der Waals surface area (Å²) >= 11 is 0. The van der Waals surface area contributed by atoms with Crippen LogP contribution in [0.25, 0.3) is 21.8 Å². The Morgan fingerprint density at radius 3 is 1.26 bits per heavy atom. The third-order valence-electron chi connectivity index (χ3n) is 14.2. The van der Waals surface area contributed by atoms with Crippen LogP contribution in [0.15, 0.2) is 54.1 Å². The second kappa shape index (κ2) is 23.0. The predicted octanol–water partition coefficient (Wildman–Crippen LogP) is 4.00. The van der Waals surface area contributed by atoms with E-state index in [1.807, 2.05) is 33.4 Å². The number of hydrogen-bond donors (Lipinski definition) is 6. The van der Waals surface area contributed by atoms with Gasteiger partial charge >= 0.3 is 11.9 Å². The molecule has 0 spiro atoms. The standard InChI is InChI=1S/C50H66F2N14O8/c1-29-27-73-43-37-31(41(67)33(45(69)70)25-65(29)37)23-35(51)39(43)61-15-19-63(20-16-61)49(55)59-47(53)57-13-11-9-7-5-3-4-6-8-10-12-14-58-48(54)60-50(56)64-21-17-62(18-22-64)40-36(52)24-32-38-44(40)74-28-30(2)66(38)26-34(42(32)68)46(71)72/h23-26,29-30H,3-22,27-28H2,1-2H3,(H,69,70)(H,71,72)(H4,53,55,57,59)(H4,54,56,58,60). The highest BCUT2D eigenvalue weighted by atomic mass is 19.1. The number of carboxylic acid groups (broad SMARTS) is 2. The zero-order chi connectivity index (χ0) is 52.8. The van der Waals surface area contributed by atoms with Gasteiger partial charge in [0.2, 0.25) is 22.8 Å². The van der Waals surface area contributed by atoms with Gasteiger partial charge in [0.05, 0.1) is 33.9 Å². The van der Waals surface area contributed by atoms with Crippen molar-refractivity contribution in [2.24, 2.45) is 42.9 Å². The Morgan fingerprint density at radius 2 is 0.919 bits per heavy atom. The Hall–Kier alpha value is -7.66. The summed E-state index contributed by atoms with van der Waals surface area (Å²) in [5, 5.41) is 19.1. The van der Waals surface area contributed by atoms with Crippen LogP contribution in [0.1, 0.15) is 111 Å². The number of nitrogens with two attached hydrogens (primary N) is 4. The van der Waals surface area contributed by atoms with Gasteiger partial charge in [0.15, 0.2) is 35.1 Å². The smallest absolute Gasteiger partial charge is 0.341 e. The maximum atomic E-state index is 15.7. The van der Waals surface area contributed by atoms with Crippen LogP contribution in [-0.4, -0.2) is 144 Å². The number of halogens is 2. The van der Waals surface area contributed by atoms with Crippen LogP contribution in [0.2, 0.25) is 0 Å². The first-order valence-electron chi connectivity index (χ1n) is 25.4. The number of aliphatic imine (C=N–C) groups is 4. The molecule has 74 heavy (non-hydrogen) atoms. The summed E-state index contributed by atoms with van der Waals surface area (Å²) in [5.41, 5.74) is 23.7. The van der Waals surface area contributed by atoms with E-state index in [1.165, 1.54) is 12.4 Å². The molecule has 0 bridgehead atoms. The summed E-state index contributed by atoms with van der Waals surface area (Å²) in [6.45, 7) is 8.38. The Morgan fingerprint density at radius 1 is 0.581 bits per heavy atom. The number of piperazine rings is 2. The van der Waals surface area contributed by atoms with Crippen molar-refractivity contribution < 1.29 is 38.1 Å². The first-order valence-corrected chi connectivity index (χ1v) is 25.4. The van der Waals surface area contributed by atoms with Gasteiger partial charge in [0.25, 0.3) is 0 Å². The third-order valence-corrected chi connectivity index (χ3v) is 14.2. The van der Waals surface area contributed by atoms with Gasteiger partial charge < -0.3 is 71.4 Å². The molecule has 24 heteroatoms. The van der Waals surface area contributed by atoms with Crippen LogP contribution in [-0.2, 0) is 0 Å². The van der Waals surface area contributed by atoms with Crippen molar-refractivity contribution in [3.8, 4) is 11.5 Å². The highest BCUT2D eigenvalue weighted by molar-refractivity contribution is 5.99. The number of anilines is 2. The molecule has 2 saturated heterocycles. The van der Waals surface area contributed by atoms with Crippen LogP contribution in [0.3, 0.4) is 0 Å². The van der Waals surface area contributed by atoms with Gasteiger partial charge in [0.1, 0.15) is 35.7 Å². The zero-order valence-electron chi connectivity index (χ0n) is 41.9. The lowest BCUT2D eigenvalue weighted by atomic mass is 10.1. The lowest BCUT2D eigenvalue weighted by Gasteiger charge is -2.38. The number of ether oxygens (including phenoxy) is 2. The lowest BCUT2D eigenvalue weighted by Crippen LogP contribution is -2.52. The molecule has 2 fully saturated rings. The van der Waals surface area contributed by atoms with Crippen LogP contribution in [0.4, 0.5) is 20.2 Å². The Balaban J connectivity index is 0.680. The monoisotopic (exact) mass is 1030 g/mol. The fraction of sp³-hybridized carbons (Fsp3) is 0.520. The van der Waals surface area contributed by atoms with Crippen molar-refractivity contribution in [2.75, 3.05) is 88.5 Å². The minimum atomic E-state index is -1.37. The molecule has 2 aromatic carbocycles. The molecule has 0 amide bonds. The summed E-state index contributed by atoms with van der Waals surface area (Å²) in [4.78, 5) is 74.2. The van der Waals surface area contributed by atoms with Gasteiger partial charge in [-0.05, 0) is 38.8 Å². The second-order valence-electron chi connectivity index (χ2n) is 19.3. The fourth-order valence-electron chi connectivity index (χ4n) is 10.1. The number of hydrogen-bond acceptors (Lipinski definition) is 10. The molecule has 2 atom stereocenters. The van der Waals surface area contributed by atoms with Crippen molar-refractivity contribution in [3.63, 3.8) is 0 Å². The van der Waals surface area contributed by atoms with E-state index in [1.54, 1.807) is 9.13 Å². The molecule has 22 nitrogen and oxygen atoms in total. The van der Waals surface area contributed by atoms with Crippen LogP contribution >= 0.6 is 0 Å². The maximum Gasteiger partial charge on any atom is 0.341 e. The van der Waals surface area contributed by atoms with E-state index in [9.17, 15) is 29.4 Å². The van der Waals surface area contributed by atoms with Gasteiger partial charge in [-0.3, -0.25) is 19.6 Å².